The van der Waals surface area contributed by atoms with Crippen molar-refractivity contribution >= 4 is 5.91 Å². The number of rotatable bonds is 8. The number of hydrogen-bond acceptors (Lipinski definition) is 2. The van der Waals surface area contributed by atoms with Gasteiger partial charge in [0.05, 0.1) is 6.04 Å². The molecule has 0 rings (SSSR count). The van der Waals surface area contributed by atoms with Crippen LogP contribution in [0.5, 0.6) is 0 Å². The lowest BCUT2D eigenvalue weighted by Crippen LogP contribution is -2.46. The van der Waals surface area contributed by atoms with E-state index < -0.39 is 0 Å². The van der Waals surface area contributed by atoms with E-state index >= 15 is 0 Å². The summed E-state index contributed by atoms with van der Waals surface area (Å²) in [7, 11) is 0. The Morgan fingerprint density at radius 1 is 1.29 bits per heavy atom. The van der Waals surface area contributed by atoms with Crippen LogP contribution in [0.2, 0.25) is 0 Å². The molecule has 0 fully saturated rings. The van der Waals surface area contributed by atoms with Gasteiger partial charge in [0.15, 0.2) is 0 Å². The van der Waals surface area contributed by atoms with Gasteiger partial charge in [-0.3, -0.25) is 4.79 Å². The Kier molecular flexibility index (Phi) is 7.44. The lowest BCUT2D eigenvalue weighted by molar-refractivity contribution is -0.123. The van der Waals surface area contributed by atoms with Crippen LogP contribution in [0, 0.1) is 11.3 Å². The van der Waals surface area contributed by atoms with Crippen LogP contribution < -0.4 is 11.1 Å². The van der Waals surface area contributed by atoms with Crippen molar-refractivity contribution in [1.29, 1.82) is 0 Å². The molecule has 17 heavy (non-hydrogen) atoms. The molecular formula is C14H30N2O. The number of amides is 1. The molecule has 1 unspecified atom stereocenters. The monoisotopic (exact) mass is 242 g/mol. The molecule has 0 aliphatic carbocycles. The lowest BCUT2D eigenvalue weighted by atomic mass is 9.86. The van der Waals surface area contributed by atoms with Gasteiger partial charge >= 0.3 is 0 Å². The number of hydrogen-bond donors (Lipinski definition) is 2. The molecule has 3 nitrogen and oxygen atoms in total. The van der Waals surface area contributed by atoms with E-state index in [4.69, 9.17) is 5.73 Å². The summed E-state index contributed by atoms with van der Waals surface area (Å²) in [5.74, 6) is 0.168. The highest BCUT2D eigenvalue weighted by molar-refractivity contribution is 5.81. The largest absolute Gasteiger partial charge is 0.354 e. The minimum Gasteiger partial charge on any atom is -0.354 e. The summed E-state index contributed by atoms with van der Waals surface area (Å²) in [6.07, 6.45) is 4.89. The molecule has 0 aromatic rings. The second-order valence-corrected chi connectivity index (χ2v) is 6.11. The fraction of sp³-hybridized carbons (Fsp3) is 0.929. The van der Waals surface area contributed by atoms with Gasteiger partial charge in [-0.25, -0.2) is 0 Å². The minimum atomic E-state index is -0.388. The van der Waals surface area contributed by atoms with Crippen LogP contribution in [-0.2, 0) is 4.79 Å². The van der Waals surface area contributed by atoms with Gasteiger partial charge in [-0.1, -0.05) is 53.9 Å². The van der Waals surface area contributed by atoms with E-state index in [-0.39, 0.29) is 23.3 Å². The summed E-state index contributed by atoms with van der Waals surface area (Å²) < 4.78 is 0. The highest BCUT2D eigenvalue weighted by Crippen LogP contribution is 2.22. The zero-order valence-corrected chi connectivity index (χ0v) is 12.2. The zero-order valence-electron chi connectivity index (χ0n) is 12.2. The summed E-state index contributed by atoms with van der Waals surface area (Å²) in [6.45, 7) is 11.3. The predicted octanol–water partition coefficient (Wildman–Crippen LogP) is 2.69. The molecule has 0 bridgehead atoms. The summed E-state index contributed by atoms with van der Waals surface area (Å²) >= 11 is 0. The molecule has 0 spiro atoms. The average molecular weight is 242 g/mol. The van der Waals surface area contributed by atoms with Crippen molar-refractivity contribution < 1.29 is 4.79 Å². The number of carbonyl (C=O) groups is 1. The maximum absolute atomic E-state index is 11.7. The SMILES string of the molecule is CCCCCC(C)(C)CNC(=O)C(N)C(C)C. The third kappa shape index (κ3) is 7.37. The summed E-state index contributed by atoms with van der Waals surface area (Å²) in [6, 6.07) is -0.388. The number of nitrogens with one attached hydrogen (secondary N) is 1. The van der Waals surface area contributed by atoms with Gasteiger partial charge < -0.3 is 11.1 Å². The van der Waals surface area contributed by atoms with Gasteiger partial charge in [0.1, 0.15) is 0 Å². The van der Waals surface area contributed by atoms with Gasteiger partial charge in [0.25, 0.3) is 0 Å². The summed E-state index contributed by atoms with van der Waals surface area (Å²) in [4.78, 5) is 11.7. The van der Waals surface area contributed by atoms with E-state index in [1.54, 1.807) is 0 Å². The summed E-state index contributed by atoms with van der Waals surface area (Å²) in [5, 5.41) is 2.97. The normalized spacial score (nSPS) is 13.8. The van der Waals surface area contributed by atoms with Crippen molar-refractivity contribution in [1.82, 2.24) is 5.32 Å². The van der Waals surface area contributed by atoms with E-state index in [9.17, 15) is 4.79 Å². The first-order valence-corrected chi connectivity index (χ1v) is 6.83. The number of unbranched alkanes of at least 4 members (excludes halogenated alkanes) is 2. The van der Waals surface area contributed by atoms with Crippen LogP contribution in [-0.4, -0.2) is 18.5 Å². The van der Waals surface area contributed by atoms with Gasteiger partial charge in [-0.15, -0.1) is 0 Å². The average Bonchev–Trinajstić information content (AvgIpc) is 2.25. The topological polar surface area (TPSA) is 55.1 Å². The fourth-order valence-electron chi connectivity index (χ4n) is 1.69. The number of carbonyl (C=O) groups excluding carboxylic acids is 1. The van der Waals surface area contributed by atoms with Crippen LogP contribution in [0.1, 0.15) is 60.3 Å². The van der Waals surface area contributed by atoms with Crippen molar-refractivity contribution in [2.45, 2.75) is 66.3 Å². The Morgan fingerprint density at radius 2 is 1.88 bits per heavy atom. The third-order valence-corrected chi connectivity index (χ3v) is 3.22. The fourth-order valence-corrected chi connectivity index (χ4v) is 1.69. The molecule has 3 heteroatoms. The van der Waals surface area contributed by atoms with E-state index in [2.05, 4.69) is 26.1 Å². The lowest BCUT2D eigenvalue weighted by Gasteiger charge is -2.26. The van der Waals surface area contributed by atoms with Gasteiger partial charge in [0.2, 0.25) is 5.91 Å². The van der Waals surface area contributed by atoms with Crippen LogP contribution in [0.15, 0.2) is 0 Å². The molecule has 102 valence electrons. The number of nitrogens with two attached hydrogens (primary N) is 1. The second kappa shape index (κ2) is 7.70. The van der Waals surface area contributed by atoms with Crippen molar-refractivity contribution in [3.8, 4) is 0 Å². The molecule has 0 aliphatic rings. The first-order valence-electron chi connectivity index (χ1n) is 6.83. The van der Waals surface area contributed by atoms with Gasteiger partial charge in [-0.05, 0) is 17.8 Å². The maximum Gasteiger partial charge on any atom is 0.237 e. The highest BCUT2D eigenvalue weighted by Gasteiger charge is 2.21. The van der Waals surface area contributed by atoms with Gasteiger partial charge in [0, 0.05) is 6.54 Å². The van der Waals surface area contributed by atoms with Crippen LogP contribution in [0.25, 0.3) is 0 Å². The first-order chi connectivity index (χ1) is 7.80. The predicted molar refractivity (Wildman–Crippen MR) is 73.7 cm³/mol. The third-order valence-electron chi connectivity index (χ3n) is 3.22. The molecule has 0 heterocycles. The van der Waals surface area contributed by atoms with E-state index in [1.807, 2.05) is 13.8 Å². The molecule has 3 N–H and O–H groups in total. The molecule has 0 aromatic carbocycles. The quantitative estimate of drug-likeness (QED) is 0.643. The standard InChI is InChI=1S/C14H30N2O/c1-6-7-8-9-14(4,5)10-16-13(17)12(15)11(2)3/h11-12H,6-10,15H2,1-5H3,(H,16,17). The van der Waals surface area contributed by atoms with Crippen molar-refractivity contribution in [3.05, 3.63) is 0 Å². The van der Waals surface area contributed by atoms with E-state index in [0.29, 0.717) is 0 Å². The molecule has 1 atom stereocenters. The van der Waals surface area contributed by atoms with Crippen LogP contribution in [0.4, 0.5) is 0 Å². The molecule has 1 amide bonds. The maximum atomic E-state index is 11.7. The molecular weight excluding hydrogens is 212 g/mol. The first kappa shape index (κ1) is 16.4. The zero-order chi connectivity index (χ0) is 13.5. The smallest absolute Gasteiger partial charge is 0.237 e. The Bertz CT molecular complexity index is 224. The summed E-state index contributed by atoms with van der Waals surface area (Å²) in [5.41, 5.74) is 5.97. The van der Waals surface area contributed by atoms with E-state index in [1.165, 1.54) is 19.3 Å². The Morgan fingerprint density at radius 3 is 2.35 bits per heavy atom. The molecule has 0 saturated heterocycles. The molecule has 0 radical (unpaired) electrons. The van der Waals surface area contributed by atoms with Crippen LogP contribution in [0.3, 0.4) is 0 Å². The molecule has 0 aliphatic heterocycles. The van der Waals surface area contributed by atoms with Crippen molar-refractivity contribution in [3.63, 3.8) is 0 Å². The molecule has 0 aromatic heterocycles. The van der Waals surface area contributed by atoms with E-state index in [0.717, 1.165) is 13.0 Å². The Labute approximate surface area is 107 Å². The highest BCUT2D eigenvalue weighted by atomic mass is 16.2. The van der Waals surface area contributed by atoms with Crippen molar-refractivity contribution in [2.75, 3.05) is 6.54 Å². The Balaban J connectivity index is 3.96. The minimum absolute atomic E-state index is 0.0245. The Hall–Kier alpha value is -0.570. The van der Waals surface area contributed by atoms with Gasteiger partial charge in [-0.2, -0.15) is 0 Å². The van der Waals surface area contributed by atoms with Crippen molar-refractivity contribution in [2.24, 2.45) is 17.1 Å². The second-order valence-electron chi connectivity index (χ2n) is 6.11. The van der Waals surface area contributed by atoms with Crippen LogP contribution >= 0.6 is 0 Å². The molecule has 0 saturated carbocycles.